The first-order valence-electron chi connectivity index (χ1n) is 11.1. The van der Waals surface area contributed by atoms with Crippen molar-refractivity contribution in [3.05, 3.63) is 64.2 Å². The van der Waals surface area contributed by atoms with Crippen molar-refractivity contribution in [2.45, 2.75) is 39.7 Å². The van der Waals surface area contributed by atoms with Crippen LogP contribution in [0.5, 0.6) is 0 Å². The topological polar surface area (TPSA) is 64.2 Å². The summed E-state index contributed by atoms with van der Waals surface area (Å²) >= 11 is 0. The van der Waals surface area contributed by atoms with E-state index >= 15 is 4.39 Å². The van der Waals surface area contributed by atoms with Gasteiger partial charge in [-0.1, -0.05) is 35.0 Å². The van der Waals surface area contributed by atoms with Gasteiger partial charge >= 0.3 is 0 Å². The van der Waals surface area contributed by atoms with Crippen molar-refractivity contribution < 1.29 is 8.91 Å². The molecule has 0 amide bonds. The Bertz CT molecular complexity index is 1330. The van der Waals surface area contributed by atoms with Gasteiger partial charge in [0.15, 0.2) is 0 Å². The van der Waals surface area contributed by atoms with Crippen molar-refractivity contribution in [2.75, 3.05) is 18.0 Å². The summed E-state index contributed by atoms with van der Waals surface area (Å²) in [5.74, 6) is 0.173. The van der Waals surface area contributed by atoms with Gasteiger partial charge in [0, 0.05) is 36.8 Å². The second-order valence-corrected chi connectivity index (χ2v) is 8.32. The minimum atomic E-state index is -0.373. The second-order valence-electron chi connectivity index (χ2n) is 8.32. The average molecular weight is 432 g/mol. The van der Waals surface area contributed by atoms with Gasteiger partial charge in [-0.15, -0.1) is 0 Å². The van der Waals surface area contributed by atoms with Gasteiger partial charge in [0.2, 0.25) is 11.3 Å². The largest absolute Gasteiger partial charge is 0.369 e. The molecule has 3 heterocycles. The van der Waals surface area contributed by atoms with Crippen molar-refractivity contribution in [2.24, 2.45) is 0 Å². The average Bonchev–Trinajstić information content (AvgIpc) is 3.30. The van der Waals surface area contributed by atoms with E-state index in [2.05, 4.69) is 15.0 Å². The first kappa shape index (κ1) is 20.4. The standard InChI is InChI=1S/C25H25FN4O2/c1-3-29-15-19(25-27-24(28-32-25)17-9-7-16(2)8-10-17)23(31)18-13-20(26)22(14-21(18)29)30-11-5-4-6-12-30/h7-10,13-15H,3-6,11-12H2,1-2H3. The van der Waals surface area contributed by atoms with Gasteiger partial charge in [-0.2, -0.15) is 4.98 Å². The molecule has 0 saturated carbocycles. The molecule has 0 atom stereocenters. The summed E-state index contributed by atoms with van der Waals surface area (Å²) in [6.45, 7) is 6.28. The summed E-state index contributed by atoms with van der Waals surface area (Å²) < 4.78 is 22.4. The van der Waals surface area contributed by atoms with Crippen LogP contribution in [-0.2, 0) is 6.54 Å². The van der Waals surface area contributed by atoms with Crippen LogP contribution in [0.3, 0.4) is 0 Å². The van der Waals surface area contributed by atoms with Gasteiger partial charge in [-0.25, -0.2) is 4.39 Å². The molecule has 164 valence electrons. The third-order valence-corrected chi connectivity index (χ3v) is 6.15. The zero-order valence-electron chi connectivity index (χ0n) is 18.3. The van der Waals surface area contributed by atoms with E-state index in [1.165, 1.54) is 12.5 Å². The molecule has 0 spiro atoms. The number of hydrogen-bond acceptors (Lipinski definition) is 5. The smallest absolute Gasteiger partial charge is 0.263 e. The number of anilines is 1. The van der Waals surface area contributed by atoms with Gasteiger partial charge in [0.25, 0.3) is 5.89 Å². The number of benzene rings is 2. The molecule has 0 aliphatic carbocycles. The van der Waals surface area contributed by atoms with Gasteiger partial charge in [0.1, 0.15) is 11.4 Å². The van der Waals surface area contributed by atoms with Crippen LogP contribution >= 0.6 is 0 Å². The molecule has 6 nitrogen and oxygen atoms in total. The first-order valence-corrected chi connectivity index (χ1v) is 11.1. The maximum Gasteiger partial charge on any atom is 0.263 e. The minimum Gasteiger partial charge on any atom is -0.369 e. The highest BCUT2D eigenvalue weighted by Crippen LogP contribution is 2.29. The lowest BCUT2D eigenvalue weighted by Gasteiger charge is -2.29. The lowest BCUT2D eigenvalue weighted by Crippen LogP contribution is -2.30. The third-order valence-electron chi connectivity index (χ3n) is 6.15. The fraction of sp³-hybridized carbons (Fsp3) is 0.320. The number of halogens is 1. The number of aromatic nitrogens is 3. The van der Waals surface area contributed by atoms with Gasteiger partial charge in [-0.05, 0) is 45.2 Å². The number of aryl methyl sites for hydroxylation is 2. The number of hydrogen-bond donors (Lipinski definition) is 0. The number of nitrogens with zero attached hydrogens (tertiary/aromatic N) is 4. The normalized spacial score (nSPS) is 14.3. The van der Waals surface area contributed by atoms with Crippen LogP contribution in [-0.4, -0.2) is 27.8 Å². The monoisotopic (exact) mass is 432 g/mol. The molecule has 2 aromatic carbocycles. The third kappa shape index (κ3) is 3.57. The Labute approximate surface area is 185 Å². The Morgan fingerprint density at radius 2 is 1.84 bits per heavy atom. The summed E-state index contributed by atoms with van der Waals surface area (Å²) in [5.41, 5.74) is 3.17. The molecular weight excluding hydrogens is 407 g/mol. The van der Waals surface area contributed by atoms with Crippen molar-refractivity contribution in [1.29, 1.82) is 0 Å². The molecular formula is C25H25FN4O2. The predicted octanol–water partition coefficient (Wildman–Crippen LogP) is 5.18. The lowest BCUT2D eigenvalue weighted by atomic mass is 10.1. The summed E-state index contributed by atoms with van der Waals surface area (Å²) in [4.78, 5) is 19.8. The summed E-state index contributed by atoms with van der Waals surface area (Å²) in [6.07, 6.45) is 5.01. The van der Waals surface area contributed by atoms with Gasteiger partial charge < -0.3 is 14.0 Å². The molecule has 2 aromatic heterocycles. The van der Waals surface area contributed by atoms with E-state index in [9.17, 15) is 4.79 Å². The van der Waals surface area contributed by atoms with Crippen LogP contribution in [0.4, 0.5) is 10.1 Å². The maximum atomic E-state index is 15.1. The molecule has 1 aliphatic rings. The first-order chi connectivity index (χ1) is 15.5. The Morgan fingerprint density at radius 1 is 1.09 bits per heavy atom. The van der Waals surface area contributed by atoms with Crippen molar-refractivity contribution >= 4 is 16.6 Å². The van der Waals surface area contributed by atoms with Crippen molar-refractivity contribution in [3.8, 4) is 22.8 Å². The Morgan fingerprint density at radius 3 is 2.56 bits per heavy atom. The van der Waals surface area contributed by atoms with Crippen LogP contribution in [0.2, 0.25) is 0 Å². The van der Waals surface area contributed by atoms with E-state index in [0.29, 0.717) is 29.0 Å². The summed E-state index contributed by atoms with van der Waals surface area (Å²) in [7, 11) is 0. The lowest BCUT2D eigenvalue weighted by molar-refractivity contribution is 0.431. The molecule has 32 heavy (non-hydrogen) atoms. The Balaban J connectivity index is 1.61. The molecule has 1 aliphatic heterocycles. The number of pyridine rings is 1. The molecule has 1 saturated heterocycles. The highest BCUT2D eigenvalue weighted by molar-refractivity contribution is 5.86. The molecule has 5 rings (SSSR count). The van der Waals surface area contributed by atoms with Crippen LogP contribution in [0.25, 0.3) is 33.7 Å². The fourth-order valence-corrected chi connectivity index (χ4v) is 4.34. The fourth-order valence-electron chi connectivity index (χ4n) is 4.34. The highest BCUT2D eigenvalue weighted by Gasteiger charge is 2.21. The Hall–Kier alpha value is -3.48. The quantitative estimate of drug-likeness (QED) is 0.445. The predicted molar refractivity (Wildman–Crippen MR) is 123 cm³/mol. The molecule has 0 N–H and O–H groups in total. The Kier molecular flexibility index (Phi) is 5.25. The van der Waals surface area contributed by atoms with E-state index < -0.39 is 0 Å². The minimum absolute atomic E-state index is 0.134. The van der Waals surface area contributed by atoms with Gasteiger partial charge in [-0.3, -0.25) is 4.79 Å². The highest BCUT2D eigenvalue weighted by atomic mass is 19.1. The van der Waals surface area contributed by atoms with Gasteiger partial charge in [0.05, 0.1) is 11.2 Å². The van der Waals surface area contributed by atoms with E-state index in [1.54, 1.807) is 12.3 Å². The van der Waals surface area contributed by atoms with E-state index in [0.717, 1.165) is 37.1 Å². The molecule has 7 heteroatoms. The van der Waals surface area contributed by atoms with E-state index in [4.69, 9.17) is 4.52 Å². The van der Waals surface area contributed by atoms with Crippen LogP contribution < -0.4 is 10.3 Å². The molecule has 4 aromatic rings. The number of fused-ring (bicyclic) bond motifs is 1. The van der Waals surface area contributed by atoms with Crippen molar-refractivity contribution in [1.82, 2.24) is 14.7 Å². The molecule has 0 unspecified atom stereocenters. The summed E-state index contributed by atoms with van der Waals surface area (Å²) in [5, 5.41) is 4.36. The summed E-state index contributed by atoms with van der Waals surface area (Å²) in [6, 6.07) is 10.9. The van der Waals surface area contributed by atoms with Crippen molar-refractivity contribution in [3.63, 3.8) is 0 Å². The van der Waals surface area contributed by atoms with Crippen LogP contribution in [0.1, 0.15) is 31.7 Å². The molecule has 0 bridgehead atoms. The number of rotatable bonds is 4. The maximum absolute atomic E-state index is 15.1. The second kappa shape index (κ2) is 8.22. The molecule has 1 fully saturated rings. The SMILES string of the molecule is CCn1cc(-c2nc(-c3ccc(C)cc3)no2)c(=O)c2cc(F)c(N3CCCCC3)cc21. The van der Waals surface area contributed by atoms with Crippen LogP contribution in [0.15, 0.2) is 51.9 Å². The number of piperidine rings is 1. The zero-order chi connectivity index (χ0) is 22.2. The zero-order valence-corrected chi connectivity index (χ0v) is 18.3. The van der Waals surface area contributed by atoms with Crippen LogP contribution in [0, 0.1) is 12.7 Å². The molecule has 0 radical (unpaired) electrons. The van der Waals surface area contributed by atoms with E-state index in [1.807, 2.05) is 42.7 Å². The van der Waals surface area contributed by atoms with E-state index in [-0.39, 0.29) is 22.7 Å².